The van der Waals surface area contributed by atoms with Gasteiger partial charge in [-0.1, -0.05) is 6.07 Å². The largest absolute Gasteiger partial charge is 0.495 e. The van der Waals surface area contributed by atoms with E-state index in [1.54, 1.807) is 7.11 Å². The average Bonchev–Trinajstić information content (AvgIpc) is 2.26. The fourth-order valence-electron chi connectivity index (χ4n) is 2.23. The SMILES string of the molecule is COc1ccc(CN2CC(C)(O)C2)cc1C#N. The van der Waals surface area contributed by atoms with E-state index in [2.05, 4.69) is 11.0 Å². The first kappa shape index (κ1) is 11.9. The van der Waals surface area contributed by atoms with Crippen molar-refractivity contribution in [2.45, 2.75) is 19.1 Å². The van der Waals surface area contributed by atoms with Crippen LogP contribution in [0, 0.1) is 11.3 Å². The fraction of sp³-hybridized carbons (Fsp3) is 0.462. The van der Waals surface area contributed by atoms with Gasteiger partial charge in [0.1, 0.15) is 11.8 Å². The van der Waals surface area contributed by atoms with Crippen molar-refractivity contribution in [1.82, 2.24) is 4.90 Å². The van der Waals surface area contributed by atoms with Crippen LogP contribution in [0.2, 0.25) is 0 Å². The summed E-state index contributed by atoms with van der Waals surface area (Å²) < 4.78 is 5.09. The van der Waals surface area contributed by atoms with Gasteiger partial charge < -0.3 is 9.84 Å². The van der Waals surface area contributed by atoms with E-state index in [0.717, 1.165) is 12.1 Å². The summed E-state index contributed by atoms with van der Waals surface area (Å²) in [5.74, 6) is 0.604. The maximum Gasteiger partial charge on any atom is 0.136 e. The van der Waals surface area contributed by atoms with Crippen LogP contribution in [0.25, 0.3) is 0 Å². The number of likely N-dealkylation sites (tertiary alicyclic amines) is 1. The minimum Gasteiger partial charge on any atom is -0.495 e. The first-order chi connectivity index (χ1) is 8.04. The Balaban J connectivity index is 2.06. The lowest BCUT2D eigenvalue weighted by Crippen LogP contribution is -2.59. The molecule has 0 spiro atoms. The molecule has 0 radical (unpaired) electrons. The van der Waals surface area contributed by atoms with Crippen LogP contribution in [0.5, 0.6) is 5.75 Å². The smallest absolute Gasteiger partial charge is 0.136 e. The molecule has 90 valence electrons. The molecular weight excluding hydrogens is 216 g/mol. The molecule has 0 aromatic heterocycles. The molecule has 2 rings (SSSR count). The van der Waals surface area contributed by atoms with Gasteiger partial charge in [-0.05, 0) is 24.6 Å². The lowest BCUT2D eigenvalue weighted by Gasteiger charge is -2.44. The second-order valence-corrected chi connectivity index (χ2v) is 4.79. The Morgan fingerprint density at radius 1 is 1.53 bits per heavy atom. The van der Waals surface area contributed by atoms with Gasteiger partial charge in [0.15, 0.2) is 0 Å². The molecule has 1 fully saturated rings. The molecule has 1 aliphatic heterocycles. The number of benzene rings is 1. The maximum absolute atomic E-state index is 9.63. The van der Waals surface area contributed by atoms with Crippen molar-refractivity contribution < 1.29 is 9.84 Å². The Morgan fingerprint density at radius 2 is 2.24 bits per heavy atom. The summed E-state index contributed by atoms with van der Waals surface area (Å²) in [6, 6.07) is 7.72. The Hall–Kier alpha value is -1.57. The molecule has 1 aromatic rings. The number of hydrogen-bond donors (Lipinski definition) is 1. The maximum atomic E-state index is 9.63. The first-order valence-electron chi connectivity index (χ1n) is 5.56. The summed E-state index contributed by atoms with van der Waals surface area (Å²) in [7, 11) is 1.56. The normalized spacial score (nSPS) is 18.2. The molecule has 17 heavy (non-hydrogen) atoms. The predicted molar refractivity (Wildman–Crippen MR) is 63.6 cm³/mol. The standard InChI is InChI=1S/C13H16N2O2/c1-13(16)8-15(9-13)7-10-3-4-12(17-2)11(5-10)6-14/h3-5,16H,7-9H2,1-2H3. The molecule has 1 aliphatic rings. The summed E-state index contributed by atoms with van der Waals surface area (Å²) >= 11 is 0. The van der Waals surface area contributed by atoms with Gasteiger partial charge in [0.2, 0.25) is 0 Å². The highest BCUT2D eigenvalue weighted by Crippen LogP contribution is 2.24. The third kappa shape index (κ3) is 2.57. The summed E-state index contributed by atoms with van der Waals surface area (Å²) in [5, 5.41) is 18.6. The number of hydrogen-bond acceptors (Lipinski definition) is 4. The van der Waals surface area contributed by atoms with Gasteiger partial charge in [-0.2, -0.15) is 5.26 Å². The van der Waals surface area contributed by atoms with E-state index in [9.17, 15) is 5.11 Å². The molecule has 0 bridgehead atoms. The highest BCUT2D eigenvalue weighted by atomic mass is 16.5. The molecule has 0 unspecified atom stereocenters. The molecule has 1 saturated heterocycles. The first-order valence-corrected chi connectivity index (χ1v) is 5.56. The number of ether oxygens (including phenoxy) is 1. The van der Waals surface area contributed by atoms with Crippen molar-refractivity contribution >= 4 is 0 Å². The van der Waals surface area contributed by atoms with E-state index >= 15 is 0 Å². The lowest BCUT2D eigenvalue weighted by molar-refractivity contribution is -0.0871. The van der Waals surface area contributed by atoms with Gasteiger partial charge in [-0.25, -0.2) is 0 Å². The van der Waals surface area contributed by atoms with Gasteiger partial charge in [0.25, 0.3) is 0 Å². The van der Waals surface area contributed by atoms with Crippen LogP contribution in [-0.2, 0) is 6.54 Å². The minimum absolute atomic E-state index is 0.551. The van der Waals surface area contributed by atoms with Crippen molar-refractivity contribution in [3.05, 3.63) is 29.3 Å². The number of nitriles is 1. The Bertz CT molecular complexity index is 455. The zero-order valence-corrected chi connectivity index (χ0v) is 10.1. The van der Waals surface area contributed by atoms with Gasteiger partial charge in [-0.15, -0.1) is 0 Å². The summed E-state index contributed by atoms with van der Waals surface area (Å²) in [4.78, 5) is 2.14. The highest BCUT2D eigenvalue weighted by Gasteiger charge is 2.36. The Labute approximate surface area is 101 Å². The number of nitrogens with zero attached hydrogens (tertiary/aromatic N) is 2. The van der Waals surface area contributed by atoms with Gasteiger partial charge >= 0.3 is 0 Å². The number of methoxy groups -OCH3 is 1. The van der Waals surface area contributed by atoms with Crippen LogP contribution in [0.1, 0.15) is 18.1 Å². The van der Waals surface area contributed by atoms with E-state index in [0.29, 0.717) is 24.4 Å². The lowest BCUT2D eigenvalue weighted by atomic mass is 9.96. The number of aliphatic hydroxyl groups is 1. The third-order valence-corrected chi connectivity index (χ3v) is 2.92. The second kappa shape index (κ2) is 4.36. The quantitative estimate of drug-likeness (QED) is 0.849. The summed E-state index contributed by atoms with van der Waals surface area (Å²) in [6.07, 6.45) is 0. The summed E-state index contributed by atoms with van der Waals surface area (Å²) in [6.45, 7) is 3.95. The summed E-state index contributed by atoms with van der Waals surface area (Å²) in [5.41, 5.74) is 1.07. The molecule has 0 atom stereocenters. The highest BCUT2D eigenvalue weighted by molar-refractivity contribution is 5.45. The van der Waals surface area contributed by atoms with E-state index in [1.165, 1.54) is 0 Å². The van der Waals surface area contributed by atoms with Crippen molar-refractivity contribution in [2.75, 3.05) is 20.2 Å². The van der Waals surface area contributed by atoms with Crippen LogP contribution in [0.4, 0.5) is 0 Å². The Morgan fingerprint density at radius 3 is 2.76 bits per heavy atom. The van der Waals surface area contributed by atoms with Gasteiger partial charge in [0.05, 0.1) is 18.3 Å². The zero-order chi connectivity index (χ0) is 12.5. The molecule has 1 heterocycles. The molecule has 1 N–H and O–H groups in total. The molecule has 0 saturated carbocycles. The van der Waals surface area contributed by atoms with E-state index < -0.39 is 5.60 Å². The molecule has 1 aromatic carbocycles. The van der Waals surface area contributed by atoms with Crippen LogP contribution >= 0.6 is 0 Å². The molecule has 0 amide bonds. The van der Waals surface area contributed by atoms with E-state index in [-0.39, 0.29) is 0 Å². The van der Waals surface area contributed by atoms with E-state index in [1.807, 2.05) is 25.1 Å². The predicted octanol–water partition coefficient (Wildman–Crippen LogP) is 1.13. The van der Waals surface area contributed by atoms with Crippen LogP contribution in [0.3, 0.4) is 0 Å². The van der Waals surface area contributed by atoms with Crippen LogP contribution in [-0.4, -0.2) is 35.8 Å². The van der Waals surface area contributed by atoms with Crippen LogP contribution < -0.4 is 4.74 Å². The Kier molecular flexibility index (Phi) is 3.05. The van der Waals surface area contributed by atoms with Crippen molar-refractivity contribution in [2.24, 2.45) is 0 Å². The zero-order valence-electron chi connectivity index (χ0n) is 10.1. The van der Waals surface area contributed by atoms with E-state index in [4.69, 9.17) is 10.00 Å². The monoisotopic (exact) mass is 232 g/mol. The van der Waals surface area contributed by atoms with Crippen molar-refractivity contribution in [3.8, 4) is 11.8 Å². The minimum atomic E-state index is -0.551. The second-order valence-electron chi connectivity index (χ2n) is 4.79. The molecule has 0 aliphatic carbocycles. The topological polar surface area (TPSA) is 56.5 Å². The molecule has 4 heteroatoms. The molecular formula is C13H16N2O2. The van der Waals surface area contributed by atoms with Crippen LogP contribution in [0.15, 0.2) is 18.2 Å². The third-order valence-electron chi connectivity index (χ3n) is 2.92. The average molecular weight is 232 g/mol. The fourth-order valence-corrected chi connectivity index (χ4v) is 2.23. The molecule has 4 nitrogen and oxygen atoms in total. The van der Waals surface area contributed by atoms with Crippen molar-refractivity contribution in [3.63, 3.8) is 0 Å². The van der Waals surface area contributed by atoms with Gasteiger partial charge in [0, 0.05) is 19.6 Å². The van der Waals surface area contributed by atoms with Crippen molar-refractivity contribution in [1.29, 1.82) is 5.26 Å². The number of rotatable bonds is 3. The number of β-amino-alcohol motifs (C(OH)–C–C–N with tert-alkyl or cyclic N) is 1. The van der Waals surface area contributed by atoms with Gasteiger partial charge in [-0.3, -0.25) is 4.90 Å².